The SMILES string of the molecule is Cc1ccc(C(=O)N(C)Cc2ccc(OC(F)(F)F)cc2)cc1[N+](=O)[O-]. The van der Waals surface area contributed by atoms with Gasteiger partial charge in [-0.3, -0.25) is 14.9 Å². The van der Waals surface area contributed by atoms with Crippen LogP contribution < -0.4 is 4.74 Å². The second-order valence-electron chi connectivity index (χ2n) is 5.61. The number of hydrogen-bond donors (Lipinski definition) is 0. The molecule has 0 heterocycles. The highest BCUT2D eigenvalue weighted by atomic mass is 19.4. The molecular weight excluding hydrogens is 353 g/mol. The minimum Gasteiger partial charge on any atom is -0.406 e. The molecule has 9 heteroatoms. The lowest BCUT2D eigenvalue weighted by Gasteiger charge is -2.18. The Bertz CT molecular complexity index is 820. The lowest BCUT2D eigenvalue weighted by atomic mass is 10.1. The van der Waals surface area contributed by atoms with Gasteiger partial charge in [0, 0.05) is 30.8 Å². The Morgan fingerprint density at radius 2 is 1.81 bits per heavy atom. The molecule has 0 N–H and O–H groups in total. The van der Waals surface area contributed by atoms with Gasteiger partial charge in [0.05, 0.1) is 4.92 Å². The van der Waals surface area contributed by atoms with Crippen LogP contribution in [-0.4, -0.2) is 29.1 Å². The molecule has 1 amide bonds. The number of alkyl halides is 3. The summed E-state index contributed by atoms with van der Waals surface area (Å²) in [4.78, 5) is 24.1. The summed E-state index contributed by atoms with van der Waals surface area (Å²) in [5, 5.41) is 11.0. The first-order valence-corrected chi connectivity index (χ1v) is 7.42. The predicted octanol–water partition coefficient (Wildman–Crippen LogP) is 4.07. The number of aryl methyl sites for hydroxylation is 1. The van der Waals surface area contributed by atoms with Crippen molar-refractivity contribution in [2.24, 2.45) is 0 Å². The maximum atomic E-state index is 12.4. The molecule has 0 saturated heterocycles. The molecule has 0 aliphatic heterocycles. The van der Waals surface area contributed by atoms with Crippen molar-refractivity contribution < 1.29 is 27.6 Å². The summed E-state index contributed by atoms with van der Waals surface area (Å²) in [6.45, 7) is 1.69. The topological polar surface area (TPSA) is 72.7 Å². The average Bonchev–Trinajstić information content (AvgIpc) is 2.54. The number of carbonyl (C=O) groups excluding carboxylic acids is 1. The summed E-state index contributed by atoms with van der Waals surface area (Å²) in [5.74, 6) is -0.798. The van der Waals surface area contributed by atoms with E-state index in [0.29, 0.717) is 11.1 Å². The van der Waals surface area contributed by atoms with Crippen molar-refractivity contribution in [3.05, 3.63) is 69.3 Å². The third-order valence-electron chi connectivity index (χ3n) is 3.58. The summed E-state index contributed by atoms with van der Waals surface area (Å²) in [6, 6.07) is 9.29. The molecule has 2 aromatic carbocycles. The largest absolute Gasteiger partial charge is 0.573 e. The minimum atomic E-state index is -4.77. The van der Waals surface area contributed by atoms with Gasteiger partial charge in [-0.1, -0.05) is 18.2 Å². The number of nitro groups is 1. The van der Waals surface area contributed by atoms with E-state index in [-0.39, 0.29) is 23.5 Å². The van der Waals surface area contributed by atoms with Crippen LogP contribution in [0.1, 0.15) is 21.5 Å². The first kappa shape index (κ1) is 19.2. The monoisotopic (exact) mass is 368 g/mol. The van der Waals surface area contributed by atoms with E-state index >= 15 is 0 Å². The molecule has 138 valence electrons. The molecular formula is C17H15F3N2O4. The fourth-order valence-corrected chi connectivity index (χ4v) is 2.30. The Balaban J connectivity index is 2.10. The summed E-state index contributed by atoms with van der Waals surface area (Å²) in [6.07, 6.45) is -4.77. The van der Waals surface area contributed by atoms with Crippen LogP contribution in [0.5, 0.6) is 5.75 Å². The zero-order valence-corrected chi connectivity index (χ0v) is 13.9. The van der Waals surface area contributed by atoms with Gasteiger partial charge in [-0.2, -0.15) is 0 Å². The number of nitro benzene ring substituents is 1. The van der Waals surface area contributed by atoms with Crippen molar-refractivity contribution in [2.75, 3.05) is 7.05 Å². The minimum absolute atomic E-state index is 0.118. The molecule has 0 aliphatic rings. The number of benzene rings is 2. The van der Waals surface area contributed by atoms with E-state index in [2.05, 4.69) is 4.74 Å². The summed E-state index contributed by atoms with van der Waals surface area (Å²) < 4.78 is 40.2. The van der Waals surface area contributed by atoms with E-state index in [1.807, 2.05) is 0 Å². The summed E-state index contributed by atoms with van der Waals surface area (Å²) in [5.41, 5.74) is 1.02. The molecule has 0 unspecified atom stereocenters. The third kappa shape index (κ3) is 4.95. The molecule has 2 aromatic rings. The molecule has 6 nitrogen and oxygen atoms in total. The Kier molecular flexibility index (Phi) is 5.49. The number of nitrogens with zero attached hydrogens (tertiary/aromatic N) is 2. The van der Waals surface area contributed by atoms with Gasteiger partial charge in [-0.05, 0) is 30.7 Å². The first-order valence-electron chi connectivity index (χ1n) is 7.42. The molecule has 0 bridgehead atoms. The van der Waals surface area contributed by atoms with E-state index in [4.69, 9.17) is 0 Å². The molecule has 0 fully saturated rings. The fourth-order valence-electron chi connectivity index (χ4n) is 2.30. The van der Waals surface area contributed by atoms with Gasteiger partial charge in [0.25, 0.3) is 11.6 Å². The van der Waals surface area contributed by atoms with Crippen molar-refractivity contribution in [1.82, 2.24) is 4.90 Å². The van der Waals surface area contributed by atoms with Crippen LogP contribution in [0.3, 0.4) is 0 Å². The van der Waals surface area contributed by atoms with Gasteiger partial charge in [-0.25, -0.2) is 0 Å². The number of halogens is 3. The van der Waals surface area contributed by atoms with E-state index < -0.39 is 17.2 Å². The number of rotatable bonds is 5. The molecule has 2 rings (SSSR count). The Labute approximate surface area is 146 Å². The molecule has 0 radical (unpaired) electrons. The Hall–Kier alpha value is -3.10. The van der Waals surface area contributed by atoms with Gasteiger partial charge < -0.3 is 9.64 Å². The molecule has 26 heavy (non-hydrogen) atoms. The number of hydrogen-bond acceptors (Lipinski definition) is 4. The molecule has 0 spiro atoms. The van der Waals surface area contributed by atoms with Crippen LogP contribution >= 0.6 is 0 Å². The molecule has 0 atom stereocenters. The molecule has 0 aliphatic carbocycles. The number of amides is 1. The van der Waals surface area contributed by atoms with Crippen molar-refractivity contribution in [3.8, 4) is 5.75 Å². The van der Waals surface area contributed by atoms with Crippen molar-refractivity contribution in [3.63, 3.8) is 0 Å². The normalized spacial score (nSPS) is 11.1. The number of carbonyl (C=O) groups is 1. The van der Waals surface area contributed by atoms with E-state index in [1.165, 1.54) is 42.3 Å². The zero-order chi connectivity index (χ0) is 19.5. The van der Waals surface area contributed by atoms with E-state index in [1.54, 1.807) is 6.92 Å². The van der Waals surface area contributed by atoms with Gasteiger partial charge in [-0.15, -0.1) is 13.2 Å². The van der Waals surface area contributed by atoms with Crippen LogP contribution in [-0.2, 0) is 6.54 Å². The first-order chi connectivity index (χ1) is 12.1. The summed E-state index contributed by atoms with van der Waals surface area (Å²) >= 11 is 0. The lowest BCUT2D eigenvalue weighted by molar-refractivity contribution is -0.385. The van der Waals surface area contributed by atoms with Gasteiger partial charge >= 0.3 is 6.36 Å². The van der Waals surface area contributed by atoms with Gasteiger partial charge in [0.1, 0.15) is 5.75 Å². The van der Waals surface area contributed by atoms with Crippen LogP contribution in [0, 0.1) is 17.0 Å². The van der Waals surface area contributed by atoms with Crippen LogP contribution in [0.15, 0.2) is 42.5 Å². The fraction of sp³-hybridized carbons (Fsp3) is 0.235. The second kappa shape index (κ2) is 7.42. The average molecular weight is 368 g/mol. The van der Waals surface area contributed by atoms with E-state index in [0.717, 1.165) is 12.1 Å². The maximum absolute atomic E-state index is 12.4. The second-order valence-corrected chi connectivity index (χ2v) is 5.61. The highest BCUT2D eigenvalue weighted by Gasteiger charge is 2.31. The van der Waals surface area contributed by atoms with Crippen LogP contribution in [0.25, 0.3) is 0 Å². The maximum Gasteiger partial charge on any atom is 0.573 e. The smallest absolute Gasteiger partial charge is 0.406 e. The molecule has 0 saturated carbocycles. The van der Waals surface area contributed by atoms with Crippen molar-refractivity contribution in [1.29, 1.82) is 0 Å². The third-order valence-corrected chi connectivity index (χ3v) is 3.58. The standard InChI is InChI=1S/C17H15F3N2O4/c1-11-3-6-13(9-15(11)22(24)25)16(23)21(2)10-12-4-7-14(8-5-12)26-17(18,19)20/h3-9H,10H2,1-2H3. The Morgan fingerprint density at radius 3 is 2.35 bits per heavy atom. The zero-order valence-electron chi connectivity index (χ0n) is 13.9. The van der Waals surface area contributed by atoms with Crippen molar-refractivity contribution in [2.45, 2.75) is 19.8 Å². The van der Waals surface area contributed by atoms with Gasteiger partial charge in [0.15, 0.2) is 0 Å². The van der Waals surface area contributed by atoms with Gasteiger partial charge in [0.2, 0.25) is 0 Å². The van der Waals surface area contributed by atoms with Crippen LogP contribution in [0.2, 0.25) is 0 Å². The quantitative estimate of drug-likeness (QED) is 0.589. The van der Waals surface area contributed by atoms with Crippen molar-refractivity contribution >= 4 is 11.6 Å². The van der Waals surface area contributed by atoms with E-state index in [9.17, 15) is 28.1 Å². The summed E-state index contributed by atoms with van der Waals surface area (Å²) in [7, 11) is 1.49. The Morgan fingerprint density at radius 1 is 1.19 bits per heavy atom. The van der Waals surface area contributed by atoms with Crippen LogP contribution in [0.4, 0.5) is 18.9 Å². The highest BCUT2D eigenvalue weighted by Crippen LogP contribution is 2.24. The molecule has 0 aromatic heterocycles. The number of ether oxygens (including phenoxy) is 1. The predicted molar refractivity (Wildman–Crippen MR) is 86.8 cm³/mol. The highest BCUT2D eigenvalue weighted by molar-refractivity contribution is 5.94. The lowest BCUT2D eigenvalue weighted by Crippen LogP contribution is -2.26.